The maximum atomic E-state index is 14.8. The number of aromatic nitrogens is 2. The molecular weight excluding hydrogens is 414 g/mol. The molecule has 1 aromatic carbocycles. The average Bonchev–Trinajstić information content (AvgIpc) is 3.10. The van der Waals surface area contributed by atoms with Gasteiger partial charge in [0, 0.05) is 11.6 Å². The fourth-order valence-electron chi connectivity index (χ4n) is 2.50. The summed E-state index contributed by atoms with van der Waals surface area (Å²) < 4.78 is 52.7. The zero-order valence-corrected chi connectivity index (χ0v) is 15.9. The quantitative estimate of drug-likeness (QED) is 0.533. The van der Waals surface area contributed by atoms with Crippen LogP contribution in [0.3, 0.4) is 0 Å². The van der Waals surface area contributed by atoms with E-state index in [1.54, 1.807) is 18.3 Å². The molecule has 1 amide bonds. The predicted molar refractivity (Wildman–Crippen MR) is 103 cm³/mol. The Morgan fingerprint density at radius 1 is 1.29 bits per heavy atom. The number of benzene rings is 1. The number of pyridine rings is 1. The van der Waals surface area contributed by atoms with Crippen LogP contribution < -0.4 is 10.0 Å². The minimum atomic E-state index is -3.97. The number of halogens is 3. The number of carbonyl (C=O) groups excluding carboxylic acids is 1. The van der Waals surface area contributed by atoms with E-state index in [-0.39, 0.29) is 11.4 Å². The van der Waals surface area contributed by atoms with Gasteiger partial charge in [0.2, 0.25) is 10.0 Å². The van der Waals surface area contributed by atoms with E-state index in [0.717, 1.165) is 11.5 Å². The number of nitrogens with one attached hydrogen (secondary N) is 3. The number of nitrogens with zero attached hydrogens (tertiary/aromatic N) is 1. The molecule has 3 N–H and O–H groups in total. The largest absolute Gasteiger partial charge is 0.346 e. The van der Waals surface area contributed by atoms with Crippen LogP contribution in [0.1, 0.15) is 16.8 Å². The minimum Gasteiger partial charge on any atom is -0.346 e. The second-order valence-corrected chi connectivity index (χ2v) is 8.09. The summed E-state index contributed by atoms with van der Waals surface area (Å²) >= 11 is 5.95. The lowest BCUT2D eigenvalue weighted by Crippen LogP contribution is -2.20. The van der Waals surface area contributed by atoms with Crippen molar-refractivity contribution < 1.29 is 22.0 Å². The molecule has 0 aliphatic heterocycles. The topological polar surface area (TPSA) is 104 Å². The van der Waals surface area contributed by atoms with Crippen molar-refractivity contribution in [2.24, 2.45) is 0 Å². The number of hydrogen-bond donors (Lipinski definition) is 3. The first-order chi connectivity index (χ1) is 13.3. The van der Waals surface area contributed by atoms with Crippen molar-refractivity contribution in [1.82, 2.24) is 9.97 Å². The molecule has 0 unspecified atom stereocenters. The summed E-state index contributed by atoms with van der Waals surface area (Å²) in [5, 5.41) is 3.02. The number of alkyl halides is 1. The molecule has 0 aliphatic carbocycles. The third kappa shape index (κ3) is 4.39. The highest BCUT2D eigenvalue weighted by atomic mass is 35.5. The van der Waals surface area contributed by atoms with Gasteiger partial charge in [-0.2, -0.15) is 0 Å². The van der Waals surface area contributed by atoms with Crippen molar-refractivity contribution in [2.75, 3.05) is 22.5 Å². The van der Waals surface area contributed by atoms with Crippen LogP contribution in [0, 0.1) is 5.82 Å². The molecule has 11 heteroatoms. The van der Waals surface area contributed by atoms with Crippen LogP contribution in [-0.2, 0) is 10.0 Å². The third-order valence-corrected chi connectivity index (χ3v) is 5.46. The van der Waals surface area contributed by atoms with Crippen molar-refractivity contribution in [3.8, 4) is 0 Å². The summed E-state index contributed by atoms with van der Waals surface area (Å²) in [6.07, 6.45) is 2.83. The Bertz CT molecular complexity index is 1130. The molecule has 2 aromatic heterocycles. The molecule has 7 nitrogen and oxygen atoms in total. The molecule has 0 radical (unpaired) electrons. The van der Waals surface area contributed by atoms with Gasteiger partial charge in [-0.15, -0.1) is 0 Å². The van der Waals surface area contributed by atoms with E-state index >= 15 is 0 Å². The highest BCUT2D eigenvalue weighted by molar-refractivity contribution is 7.92. The first-order valence-corrected chi connectivity index (χ1v) is 10.1. The second kappa shape index (κ2) is 8.11. The van der Waals surface area contributed by atoms with Gasteiger partial charge in [0.1, 0.15) is 5.65 Å². The van der Waals surface area contributed by atoms with Gasteiger partial charge >= 0.3 is 0 Å². The molecule has 0 aliphatic rings. The van der Waals surface area contributed by atoms with E-state index in [9.17, 15) is 22.0 Å². The lowest BCUT2D eigenvalue weighted by Gasteiger charge is -2.13. The molecule has 0 saturated heterocycles. The van der Waals surface area contributed by atoms with Crippen molar-refractivity contribution in [2.45, 2.75) is 6.42 Å². The van der Waals surface area contributed by atoms with Crippen LogP contribution in [0.15, 0.2) is 36.7 Å². The van der Waals surface area contributed by atoms with Crippen LogP contribution in [-0.4, -0.2) is 36.7 Å². The van der Waals surface area contributed by atoms with Crippen LogP contribution >= 0.6 is 11.6 Å². The summed E-state index contributed by atoms with van der Waals surface area (Å²) in [6, 6.07) is 5.67. The number of anilines is 2. The van der Waals surface area contributed by atoms with E-state index in [1.807, 2.05) is 4.72 Å². The maximum absolute atomic E-state index is 14.8. The zero-order chi connectivity index (χ0) is 20.3. The molecule has 0 atom stereocenters. The third-order valence-electron chi connectivity index (χ3n) is 3.79. The molecule has 28 heavy (non-hydrogen) atoms. The molecule has 0 bridgehead atoms. The highest BCUT2D eigenvalue weighted by Gasteiger charge is 2.22. The number of carbonyl (C=O) groups is 1. The maximum Gasteiger partial charge on any atom is 0.260 e. The van der Waals surface area contributed by atoms with Gasteiger partial charge in [-0.05, 0) is 30.7 Å². The number of hydrogen-bond acceptors (Lipinski definition) is 4. The monoisotopic (exact) mass is 428 g/mol. The fraction of sp³-hybridized carbons (Fsp3) is 0.176. The summed E-state index contributed by atoms with van der Waals surface area (Å²) in [6.45, 7) is -0.822. The number of aromatic amines is 1. The van der Waals surface area contributed by atoms with Gasteiger partial charge in [0.15, 0.2) is 5.82 Å². The van der Waals surface area contributed by atoms with Crippen LogP contribution in [0.2, 0.25) is 5.02 Å². The molecule has 0 saturated carbocycles. The van der Waals surface area contributed by atoms with E-state index < -0.39 is 45.4 Å². The van der Waals surface area contributed by atoms with Gasteiger partial charge in [0.25, 0.3) is 5.91 Å². The number of fused-ring (bicyclic) bond motifs is 1. The molecular formula is C17H15ClF2N4O3S. The van der Waals surface area contributed by atoms with Gasteiger partial charge in [-0.1, -0.05) is 11.6 Å². The standard InChI is InChI=1S/C17H15ClF2N4O3S/c18-12-2-3-13(24-28(26,27)7-1-5-19)15(20)14(12)17(25)23-11-8-10-4-6-21-16(10)22-9-11/h2-4,6,8-9,24H,1,5,7H2,(H,21,22)(H,23,25). The summed E-state index contributed by atoms with van der Waals surface area (Å²) in [5.74, 6) is -2.52. The van der Waals surface area contributed by atoms with Crippen molar-refractivity contribution in [1.29, 1.82) is 0 Å². The van der Waals surface area contributed by atoms with Gasteiger partial charge in [0.05, 0.1) is 40.6 Å². The Morgan fingerprint density at radius 2 is 2.07 bits per heavy atom. The fourth-order valence-corrected chi connectivity index (χ4v) is 3.82. The molecule has 0 spiro atoms. The first kappa shape index (κ1) is 20.0. The first-order valence-electron chi connectivity index (χ1n) is 8.09. The van der Waals surface area contributed by atoms with E-state index in [1.165, 1.54) is 12.3 Å². The number of H-pyrrole nitrogens is 1. The summed E-state index contributed by atoms with van der Waals surface area (Å²) in [5.41, 5.74) is -0.0532. The Labute approximate surface area is 164 Å². The van der Waals surface area contributed by atoms with E-state index in [2.05, 4.69) is 15.3 Å². The summed E-state index contributed by atoms with van der Waals surface area (Å²) in [7, 11) is -3.97. The normalized spacial score (nSPS) is 11.5. The Kier molecular flexibility index (Phi) is 5.80. The molecule has 3 aromatic rings. The van der Waals surface area contributed by atoms with E-state index in [0.29, 0.717) is 11.3 Å². The van der Waals surface area contributed by atoms with Crippen molar-refractivity contribution in [3.05, 3.63) is 53.1 Å². The molecule has 0 fully saturated rings. The number of amides is 1. The van der Waals surface area contributed by atoms with Crippen LogP contribution in [0.25, 0.3) is 11.0 Å². The van der Waals surface area contributed by atoms with Gasteiger partial charge in [-0.25, -0.2) is 17.8 Å². The zero-order valence-electron chi connectivity index (χ0n) is 14.3. The van der Waals surface area contributed by atoms with Crippen LogP contribution in [0.5, 0.6) is 0 Å². The van der Waals surface area contributed by atoms with Crippen molar-refractivity contribution in [3.63, 3.8) is 0 Å². The minimum absolute atomic E-state index is 0.197. The second-order valence-electron chi connectivity index (χ2n) is 5.84. The van der Waals surface area contributed by atoms with Gasteiger partial charge in [-0.3, -0.25) is 13.9 Å². The molecule has 2 heterocycles. The lowest BCUT2D eigenvalue weighted by atomic mass is 10.1. The lowest BCUT2D eigenvalue weighted by molar-refractivity contribution is 0.102. The van der Waals surface area contributed by atoms with E-state index in [4.69, 9.17) is 11.6 Å². The predicted octanol–water partition coefficient (Wildman–Crippen LogP) is 3.71. The van der Waals surface area contributed by atoms with Crippen LogP contribution in [0.4, 0.5) is 20.2 Å². The Balaban J connectivity index is 1.87. The smallest absolute Gasteiger partial charge is 0.260 e. The SMILES string of the molecule is O=C(Nc1cnc2[nH]ccc2c1)c1c(Cl)ccc(NS(=O)(=O)CCCF)c1F. The van der Waals surface area contributed by atoms with Gasteiger partial charge < -0.3 is 10.3 Å². The van der Waals surface area contributed by atoms with Crippen molar-refractivity contribution >= 4 is 49.9 Å². The molecule has 148 valence electrons. The average molecular weight is 429 g/mol. The highest BCUT2D eigenvalue weighted by Crippen LogP contribution is 2.27. The Morgan fingerprint density at radius 3 is 2.82 bits per heavy atom. The molecule has 3 rings (SSSR count). The number of rotatable bonds is 7. The summed E-state index contributed by atoms with van der Waals surface area (Å²) in [4.78, 5) is 19.5. The Hall–Kier alpha value is -2.72. The number of sulfonamides is 1.